The minimum absolute atomic E-state index is 0.166. The molecule has 0 saturated carbocycles. The number of aryl methyl sites for hydroxylation is 1. The van der Waals surface area contributed by atoms with Gasteiger partial charge in [-0.15, -0.1) is 0 Å². The normalized spacial score (nSPS) is 11.5. The van der Waals surface area contributed by atoms with E-state index in [4.69, 9.17) is 0 Å². The maximum absolute atomic E-state index is 12.2. The molecule has 4 heteroatoms. The summed E-state index contributed by atoms with van der Waals surface area (Å²) in [5.41, 5.74) is 5.16. The number of hydrazone groups is 1. The molecule has 3 aromatic carbocycles. The molecule has 120 valence electrons. The van der Waals surface area contributed by atoms with Gasteiger partial charge in [-0.25, -0.2) is 5.43 Å². The van der Waals surface area contributed by atoms with E-state index >= 15 is 0 Å². The predicted molar refractivity (Wildman–Crippen MR) is 96.5 cm³/mol. The lowest BCUT2D eigenvalue weighted by Gasteiger charge is -2.08. The quantitative estimate of drug-likeness (QED) is 0.566. The van der Waals surface area contributed by atoms with Crippen molar-refractivity contribution >= 4 is 22.4 Å². The summed E-state index contributed by atoms with van der Waals surface area (Å²) in [5, 5.41) is 16.3. The lowest BCUT2D eigenvalue weighted by atomic mass is 10.0. The average molecular weight is 318 g/mol. The van der Waals surface area contributed by atoms with Crippen LogP contribution in [0.3, 0.4) is 0 Å². The average Bonchev–Trinajstić information content (AvgIpc) is 2.60. The van der Waals surface area contributed by atoms with Crippen molar-refractivity contribution in [3.05, 3.63) is 77.4 Å². The summed E-state index contributed by atoms with van der Waals surface area (Å²) in [6.07, 6.45) is 0. The number of amides is 1. The molecule has 0 radical (unpaired) electrons. The lowest BCUT2D eigenvalue weighted by molar-refractivity contribution is 0.0954. The van der Waals surface area contributed by atoms with Crippen molar-refractivity contribution < 1.29 is 9.90 Å². The minimum atomic E-state index is -0.271. The highest BCUT2D eigenvalue weighted by Gasteiger charge is 2.10. The van der Waals surface area contributed by atoms with Crippen molar-refractivity contribution in [1.29, 1.82) is 0 Å². The van der Waals surface area contributed by atoms with Gasteiger partial charge in [-0.05, 0) is 36.9 Å². The van der Waals surface area contributed by atoms with Gasteiger partial charge in [0.15, 0.2) is 0 Å². The molecule has 3 rings (SSSR count). The number of fused-ring (bicyclic) bond motifs is 1. The van der Waals surface area contributed by atoms with Crippen LogP contribution in [0.15, 0.2) is 65.8 Å². The topological polar surface area (TPSA) is 61.7 Å². The van der Waals surface area contributed by atoms with Crippen molar-refractivity contribution in [2.45, 2.75) is 13.8 Å². The van der Waals surface area contributed by atoms with Gasteiger partial charge in [0, 0.05) is 16.5 Å². The van der Waals surface area contributed by atoms with Crippen molar-refractivity contribution in [3.8, 4) is 5.75 Å². The number of aromatic hydroxyl groups is 1. The number of hydrogen-bond donors (Lipinski definition) is 2. The van der Waals surface area contributed by atoms with Crippen LogP contribution in [-0.4, -0.2) is 16.7 Å². The second-order valence-electron chi connectivity index (χ2n) is 5.64. The van der Waals surface area contributed by atoms with Crippen LogP contribution in [0.4, 0.5) is 0 Å². The zero-order valence-electron chi connectivity index (χ0n) is 13.6. The monoisotopic (exact) mass is 318 g/mol. The first-order chi connectivity index (χ1) is 11.6. The maximum atomic E-state index is 12.2. The fourth-order valence-electron chi connectivity index (χ4n) is 2.63. The molecule has 1 amide bonds. The first-order valence-corrected chi connectivity index (χ1v) is 7.69. The van der Waals surface area contributed by atoms with E-state index < -0.39 is 0 Å². The summed E-state index contributed by atoms with van der Waals surface area (Å²) in [7, 11) is 0. The number of rotatable bonds is 3. The van der Waals surface area contributed by atoms with Gasteiger partial charge in [-0.3, -0.25) is 4.79 Å². The minimum Gasteiger partial charge on any atom is -0.507 e. The summed E-state index contributed by atoms with van der Waals surface area (Å²) >= 11 is 0. The maximum Gasteiger partial charge on any atom is 0.271 e. The molecule has 0 heterocycles. The molecule has 0 aromatic heterocycles. The van der Waals surface area contributed by atoms with Gasteiger partial charge in [0.1, 0.15) is 5.75 Å². The number of benzene rings is 3. The zero-order valence-corrected chi connectivity index (χ0v) is 13.6. The van der Waals surface area contributed by atoms with E-state index in [-0.39, 0.29) is 11.7 Å². The van der Waals surface area contributed by atoms with Crippen LogP contribution in [0, 0.1) is 6.92 Å². The summed E-state index contributed by atoms with van der Waals surface area (Å²) in [5.74, 6) is -0.104. The Balaban J connectivity index is 1.88. The molecule has 24 heavy (non-hydrogen) atoms. The van der Waals surface area contributed by atoms with Gasteiger partial charge in [-0.2, -0.15) is 5.10 Å². The van der Waals surface area contributed by atoms with Gasteiger partial charge in [-0.1, -0.05) is 48.5 Å². The molecule has 4 nitrogen and oxygen atoms in total. The Hall–Kier alpha value is -3.14. The van der Waals surface area contributed by atoms with Crippen molar-refractivity contribution in [2.75, 3.05) is 0 Å². The summed E-state index contributed by atoms with van der Waals surface area (Å²) < 4.78 is 0. The highest BCUT2D eigenvalue weighted by molar-refractivity contribution is 6.07. The molecule has 0 aliphatic heterocycles. The fraction of sp³-hybridized carbons (Fsp3) is 0.100. The first kappa shape index (κ1) is 15.7. The number of phenolic OH excluding ortho intramolecular Hbond substituents is 1. The van der Waals surface area contributed by atoms with Crippen LogP contribution >= 0.6 is 0 Å². The highest BCUT2D eigenvalue weighted by atomic mass is 16.3. The largest absolute Gasteiger partial charge is 0.507 e. The molecule has 0 bridgehead atoms. The molecule has 0 aliphatic rings. The van der Waals surface area contributed by atoms with Crippen LogP contribution in [0.1, 0.15) is 28.4 Å². The summed E-state index contributed by atoms with van der Waals surface area (Å²) in [6.45, 7) is 3.63. The third-order valence-corrected chi connectivity index (χ3v) is 4.01. The number of phenols is 1. The number of carbonyl (C=O) groups excluding carboxylic acids is 1. The summed E-state index contributed by atoms with van der Waals surface area (Å²) in [4.78, 5) is 12.2. The standard InChI is InChI=1S/C20H18N2O2/c1-13-7-3-5-9-16(13)20(24)22-21-14(2)17-12-11-15-8-4-6-10-18(15)19(17)23/h3-12,23H,1-2H3,(H,22,24)/b21-14+. The molecule has 0 unspecified atom stereocenters. The molecular weight excluding hydrogens is 300 g/mol. The van der Waals surface area contributed by atoms with Crippen LogP contribution < -0.4 is 5.43 Å². The van der Waals surface area contributed by atoms with E-state index in [2.05, 4.69) is 10.5 Å². The molecule has 0 aliphatic carbocycles. The van der Waals surface area contributed by atoms with Gasteiger partial charge < -0.3 is 5.11 Å². The number of carbonyl (C=O) groups is 1. The second kappa shape index (κ2) is 6.54. The van der Waals surface area contributed by atoms with Gasteiger partial charge in [0.05, 0.1) is 5.71 Å². The highest BCUT2D eigenvalue weighted by Crippen LogP contribution is 2.28. The van der Waals surface area contributed by atoms with Crippen molar-refractivity contribution in [2.24, 2.45) is 5.10 Å². The lowest BCUT2D eigenvalue weighted by Crippen LogP contribution is -2.20. The van der Waals surface area contributed by atoms with Gasteiger partial charge >= 0.3 is 0 Å². The number of nitrogens with zero attached hydrogens (tertiary/aromatic N) is 1. The van der Waals surface area contributed by atoms with Crippen molar-refractivity contribution in [1.82, 2.24) is 5.43 Å². The molecule has 0 spiro atoms. The van der Waals surface area contributed by atoms with Crippen molar-refractivity contribution in [3.63, 3.8) is 0 Å². The third kappa shape index (κ3) is 2.99. The van der Waals surface area contributed by atoms with E-state index in [1.165, 1.54) is 0 Å². The van der Waals surface area contributed by atoms with Crippen LogP contribution in [0.2, 0.25) is 0 Å². The zero-order chi connectivity index (χ0) is 17.1. The smallest absolute Gasteiger partial charge is 0.271 e. The van der Waals surface area contributed by atoms with Crippen LogP contribution in [0.5, 0.6) is 5.75 Å². The predicted octanol–water partition coefficient (Wildman–Crippen LogP) is 4.01. The SMILES string of the molecule is C/C(=N\NC(=O)c1ccccc1C)c1ccc2ccccc2c1O. The Kier molecular flexibility index (Phi) is 4.29. The van der Waals surface area contributed by atoms with E-state index in [9.17, 15) is 9.90 Å². The van der Waals surface area contributed by atoms with E-state index in [0.717, 1.165) is 16.3 Å². The molecule has 0 fully saturated rings. The van der Waals surface area contributed by atoms with Gasteiger partial charge in [0.2, 0.25) is 0 Å². The fourth-order valence-corrected chi connectivity index (χ4v) is 2.63. The van der Waals surface area contributed by atoms with E-state index in [1.54, 1.807) is 19.1 Å². The molecule has 2 N–H and O–H groups in total. The Morgan fingerprint density at radius 2 is 1.67 bits per heavy atom. The number of nitrogens with one attached hydrogen (secondary N) is 1. The van der Waals surface area contributed by atoms with Crippen LogP contribution in [-0.2, 0) is 0 Å². The molecular formula is C20H18N2O2. The molecule has 0 atom stereocenters. The Morgan fingerprint density at radius 3 is 2.46 bits per heavy atom. The Morgan fingerprint density at radius 1 is 0.958 bits per heavy atom. The van der Waals surface area contributed by atoms with Crippen LogP contribution in [0.25, 0.3) is 10.8 Å². The first-order valence-electron chi connectivity index (χ1n) is 7.69. The summed E-state index contributed by atoms with van der Waals surface area (Å²) in [6, 6.07) is 18.6. The molecule has 0 saturated heterocycles. The number of hydrogen-bond acceptors (Lipinski definition) is 3. The Bertz CT molecular complexity index is 945. The Labute approximate surface area is 140 Å². The molecule has 3 aromatic rings. The van der Waals surface area contributed by atoms with E-state index in [1.807, 2.05) is 55.5 Å². The van der Waals surface area contributed by atoms with E-state index in [0.29, 0.717) is 16.8 Å². The second-order valence-corrected chi connectivity index (χ2v) is 5.64. The van der Waals surface area contributed by atoms with Gasteiger partial charge in [0.25, 0.3) is 5.91 Å². The third-order valence-electron chi connectivity index (χ3n) is 4.01.